The lowest BCUT2D eigenvalue weighted by Crippen LogP contribution is -2.18. The van der Waals surface area contributed by atoms with Crippen molar-refractivity contribution in [3.63, 3.8) is 0 Å². The first-order chi connectivity index (χ1) is 7.65. The first-order valence-electron chi connectivity index (χ1n) is 5.41. The van der Waals surface area contributed by atoms with Gasteiger partial charge in [-0.05, 0) is 6.42 Å². The molecule has 16 heavy (non-hydrogen) atoms. The third kappa shape index (κ3) is 3.81. The van der Waals surface area contributed by atoms with Crippen LogP contribution in [0.2, 0.25) is 0 Å². The molecule has 2 nitrogen and oxygen atoms in total. The van der Waals surface area contributed by atoms with Crippen molar-refractivity contribution in [2.45, 2.75) is 31.9 Å². The maximum Gasteiger partial charge on any atom is 0.186 e. The Hall–Kier alpha value is -1.09. The Balaban J connectivity index is 2.78. The van der Waals surface area contributed by atoms with Gasteiger partial charge in [-0.3, -0.25) is 9.59 Å². The van der Waals surface area contributed by atoms with Gasteiger partial charge in [-0.25, -0.2) is 0 Å². The zero-order chi connectivity index (χ0) is 12.0. The number of benzene rings is 1. The Morgan fingerprint density at radius 1 is 1.25 bits per heavy atom. The van der Waals surface area contributed by atoms with E-state index in [4.69, 9.17) is 0 Å². The molecule has 3 heteroatoms. The summed E-state index contributed by atoms with van der Waals surface area (Å²) in [7, 11) is 0. The highest BCUT2D eigenvalue weighted by Crippen LogP contribution is 2.21. The summed E-state index contributed by atoms with van der Waals surface area (Å²) in [5, 5.41) is -0.229. The van der Waals surface area contributed by atoms with Crippen LogP contribution in [0.4, 0.5) is 0 Å². The molecule has 0 radical (unpaired) electrons. The number of ketones is 1. The molecule has 1 aromatic carbocycles. The van der Waals surface area contributed by atoms with Crippen molar-refractivity contribution in [3.8, 4) is 0 Å². The number of carbonyl (C=O) groups excluding carboxylic acids is 2. The van der Waals surface area contributed by atoms with Gasteiger partial charge in [0.1, 0.15) is 0 Å². The molecule has 0 bridgehead atoms. The molecule has 0 aliphatic heterocycles. The molecule has 0 aliphatic rings. The molecule has 0 N–H and O–H groups in total. The molecule has 1 rings (SSSR count). The van der Waals surface area contributed by atoms with E-state index in [1.54, 1.807) is 12.1 Å². The monoisotopic (exact) mass is 236 g/mol. The fourth-order valence-corrected chi connectivity index (χ4v) is 2.49. The highest BCUT2D eigenvalue weighted by molar-refractivity contribution is 8.14. The molecule has 0 saturated carbocycles. The SMILES string of the molecule is CCCC(SC(C)=O)C(=O)c1ccccc1. The van der Waals surface area contributed by atoms with E-state index in [9.17, 15) is 9.59 Å². The molecule has 0 fully saturated rings. The van der Waals surface area contributed by atoms with Crippen LogP contribution in [0, 0.1) is 0 Å². The standard InChI is InChI=1S/C13H16O2S/c1-3-7-12(16-10(2)14)13(15)11-8-5-4-6-9-11/h4-6,8-9,12H,3,7H2,1-2H3. The maximum atomic E-state index is 12.1. The van der Waals surface area contributed by atoms with Gasteiger partial charge in [-0.1, -0.05) is 55.4 Å². The van der Waals surface area contributed by atoms with Crippen LogP contribution in [0.25, 0.3) is 0 Å². The number of thioether (sulfide) groups is 1. The van der Waals surface area contributed by atoms with Gasteiger partial charge in [0.25, 0.3) is 0 Å². The van der Waals surface area contributed by atoms with Crippen molar-refractivity contribution in [3.05, 3.63) is 35.9 Å². The lowest BCUT2D eigenvalue weighted by Gasteiger charge is -2.12. The Morgan fingerprint density at radius 3 is 2.38 bits per heavy atom. The number of hydrogen-bond donors (Lipinski definition) is 0. The Labute approximate surface area is 100 Å². The lowest BCUT2D eigenvalue weighted by molar-refractivity contribution is -0.109. The van der Waals surface area contributed by atoms with Crippen molar-refractivity contribution in [1.82, 2.24) is 0 Å². The Morgan fingerprint density at radius 2 is 1.88 bits per heavy atom. The van der Waals surface area contributed by atoms with E-state index in [-0.39, 0.29) is 16.1 Å². The van der Waals surface area contributed by atoms with Crippen LogP contribution in [0.3, 0.4) is 0 Å². The second-order valence-corrected chi connectivity index (χ2v) is 5.00. The summed E-state index contributed by atoms with van der Waals surface area (Å²) in [6.45, 7) is 3.53. The minimum Gasteiger partial charge on any atom is -0.293 e. The normalized spacial score (nSPS) is 12.1. The van der Waals surface area contributed by atoms with Crippen LogP contribution in [0.5, 0.6) is 0 Å². The average Bonchev–Trinajstić information content (AvgIpc) is 2.28. The number of hydrogen-bond acceptors (Lipinski definition) is 3. The maximum absolute atomic E-state index is 12.1. The molecule has 0 heterocycles. The first kappa shape index (κ1) is 13.0. The summed E-state index contributed by atoms with van der Waals surface area (Å²) in [6.07, 6.45) is 1.65. The van der Waals surface area contributed by atoms with Gasteiger partial charge in [0, 0.05) is 12.5 Å². The van der Waals surface area contributed by atoms with E-state index >= 15 is 0 Å². The second-order valence-electron chi connectivity index (χ2n) is 3.62. The summed E-state index contributed by atoms with van der Waals surface area (Å²) in [5.41, 5.74) is 0.690. The average molecular weight is 236 g/mol. The van der Waals surface area contributed by atoms with E-state index in [0.29, 0.717) is 5.56 Å². The zero-order valence-electron chi connectivity index (χ0n) is 9.60. The van der Waals surface area contributed by atoms with Crippen LogP contribution in [0.15, 0.2) is 30.3 Å². The predicted octanol–water partition coefficient (Wildman–Crippen LogP) is 3.32. The topological polar surface area (TPSA) is 34.1 Å². The Kier molecular flexibility index (Phi) is 5.26. The molecular weight excluding hydrogens is 220 g/mol. The van der Waals surface area contributed by atoms with Crippen molar-refractivity contribution >= 4 is 22.7 Å². The summed E-state index contributed by atoms with van der Waals surface area (Å²) in [4.78, 5) is 23.2. The van der Waals surface area contributed by atoms with Crippen LogP contribution >= 0.6 is 11.8 Å². The number of Topliss-reactive ketones (excluding diaryl/α,β-unsaturated/α-hetero) is 1. The molecular formula is C13H16O2S. The largest absolute Gasteiger partial charge is 0.293 e. The third-order valence-electron chi connectivity index (χ3n) is 2.21. The van der Waals surface area contributed by atoms with Gasteiger partial charge in [0.15, 0.2) is 10.9 Å². The molecule has 1 unspecified atom stereocenters. The van der Waals surface area contributed by atoms with Gasteiger partial charge in [0.2, 0.25) is 0 Å². The molecule has 1 atom stereocenters. The molecule has 0 saturated heterocycles. The van der Waals surface area contributed by atoms with Crippen molar-refractivity contribution in [2.75, 3.05) is 0 Å². The quantitative estimate of drug-likeness (QED) is 0.735. The van der Waals surface area contributed by atoms with Gasteiger partial charge < -0.3 is 0 Å². The number of carbonyl (C=O) groups is 2. The van der Waals surface area contributed by atoms with Crippen molar-refractivity contribution < 1.29 is 9.59 Å². The van der Waals surface area contributed by atoms with E-state index in [2.05, 4.69) is 0 Å². The van der Waals surface area contributed by atoms with Crippen LogP contribution in [0.1, 0.15) is 37.0 Å². The van der Waals surface area contributed by atoms with Gasteiger partial charge in [-0.15, -0.1) is 0 Å². The van der Waals surface area contributed by atoms with E-state index < -0.39 is 0 Å². The molecule has 0 aromatic heterocycles. The first-order valence-corrected chi connectivity index (χ1v) is 6.29. The highest BCUT2D eigenvalue weighted by atomic mass is 32.2. The van der Waals surface area contributed by atoms with Crippen molar-refractivity contribution in [1.29, 1.82) is 0 Å². The lowest BCUT2D eigenvalue weighted by atomic mass is 10.1. The number of rotatable bonds is 5. The van der Waals surface area contributed by atoms with Crippen LogP contribution in [-0.4, -0.2) is 16.1 Å². The Bertz CT molecular complexity index is 359. The summed E-state index contributed by atoms with van der Waals surface area (Å²) in [5.74, 6) is 0.0580. The molecule has 0 spiro atoms. The van der Waals surface area contributed by atoms with Crippen LogP contribution in [-0.2, 0) is 4.79 Å². The van der Waals surface area contributed by atoms with Crippen LogP contribution < -0.4 is 0 Å². The van der Waals surface area contributed by atoms with E-state index in [0.717, 1.165) is 24.6 Å². The van der Waals surface area contributed by atoms with Gasteiger partial charge in [-0.2, -0.15) is 0 Å². The predicted molar refractivity (Wildman–Crippen MR) is 67.7 cm³/mol. The van der Waals surface area contributed by atoms with Gasteiger partial charge in [0.05, 0.1) is 5.25 Å². The smallest absolute Gasteiger partial charge is 0.186 e. The molecule has 86 valence electrons. The fraction of sp³-hybridized carbons (Fsp3) is 0.385. The van der Waals surface area contributed by atoms with Gasteiger partial charge >= 0.3 is 0 Å². The molecule has 0 aliphatic carbocycles. The summed E-state index contributed by atoms with van der Waals surface area (Å²) in [6, 6.07) is 9.16. The zero-order valence-corrected chi connectivity index (χ0v) is 10.4. The van der Waals surface area contributed by atoms with E-state index in [1.165, 1.54) is 6.92 Å². The summed E-state index contributed by atoms with van der Waals surface area (Å²) < 4.78 is 0. The minimum absolute atomic E-state index is 0.00253. The molecule has 1 aromatic rings. The van der Waals surface area contributed by atoms with E-state index in [1.807, 2.05) is 25.1 Å². The third-order valence-corrected chi connectivity index (χ3v) is 3.28. The minimum atomic E-state index is -0.232. The molecule has 0 amide bonds. The highest BCUT2D eigenvalue weighted by Gasteiger charge is 2.21. The fourth-order valence-electron chi connectivity index (χ4n) is 1.49. The summed E-state index contributed by atoms with van der Waals surface area (Å²) >= 11 is 1.14. The van der Waals surface area contributed by atoms with Crippen molar-refractivity contribution in [2.24, 2.45) is 0 Å². The second kappa shape index (κ2) is 6.48.